The predicted molar refractivity (Wildman–Crippen MR) is 69.4 cm³/mol. The van der Waals surface area contributed by atoms with Crippen molar-refractivity contribution in [1.82, 2.24) is 5.43 Å². The van der Waals surface area contributed by atoms with Gasteiger partial charge in [-0.2, -0.15) is 0 Å². The summed E-state index contributed by atoms with van der Waals surface area (Å²) in [5, 5.41) is 0. The summed E-state index contributed by atoms with van der Waals surface area (Å²) in [6.45, 7) is 3.87. The molecule has 0 amide bonds. The largest absolute Gasteiger partial charge is 0.381 e. The van der Waals surface area contributed by atoms with Crippen LogP contribution in [-0.2, 0) is 11.2 Å². The van der Waals surface area contributed by atoms with Gasteiger partial charge in [0, 0.05) is 12.5 Å². The summed E-state index contributed by atoms with van der Waals surface area (Å²) >= 11 is 0. The first-order valence-corrected chi connectivity index (χ1v) is 6.48. The first-order valence-electron chi connectivity index (χ1n) is 6.48. The van der Waals surface area contributed by atoms with E-state index in [0.717, 1.165) is 26.1 Å². The van der Waals surface area contributed by atoms with E-state index in [0.29, 0.717) is 5.92 Å². The van der Waals surface area contributed by atoms with Gasteiger partial charge in [0.05, 0.1) is 12.6 Å². The van der Waals surface area contributed by atoms with E-state index in [2.05, 4.69) is 36.6 Å². The monoisotopic (exact) mass is 234 g/mol. The van der Waals surface area contributed by atoms with Gasteiger partial charge in [-0.15, -0.1) is 0 Å². The fraction of sp³-hybridized carbons (Fsp3) is 0.571. The van der Waals surface area contributed by atoms with Crippen molar-refractivity contribution in [2.45, 2.75) is 32.2 Å². The highest BCUT2D eigenvalue weighted by molar-refractivity contribution is 5.25. The van der Waals surface area contributed by atoms with E-state index in [9.17, 15) is 0 Å². The second-order valence-corrected chi connectivity index (χ2v) is 4.72. The second kappa shape index (κ2) is 6.15. The maximum absolute atomic E-state index is 5.70. The fourth-order valence-electron chi connectivity index (χ4n) is 2.49. The summed E-state index contributed by atoms with van der Waals surface area (Å²) in [4.78, 5) is 0. The van der Waals surface area contributed by atoms with Crippen molar-refractivity contribution in [2.24, 2.45) is 11.8 Å². The molecule has 2 atom stereocenters. The first kappa shape index (κ1) is 12.6. The Hall–Kier alpha value is -0.900. The van der Waals surface area contributed by atoms with Gasteiger partial charge in [0.1, 0.15) is 0 Å². The van der Waals surface area contributed by atoms with Crippen molar-refractivity contribution >= 4 is 0 Å². The Kier molecular flexibility index (Phi) is 4.54. The SMILES string of the molecule is CCc1ccc(C(NN)C2CCCOC2)cc1. The normalized spacial score (nSPS) is 22.4. The van der Waals surface area contributed by atoms with E-state index in [1.54, 1.807) is 0 Å². The van der Waals surface area contributed by atoms with E-state index >= 15 is 0 Å². The van der Waals surface area contributed by atoms with E-state index in [1.165, 1.54) is 17.5 Å². The predicted octanol–water partition coefficient (Wildman–Crippen LogP) is 2.18. The lowest BCUT2D eigenvalue weighted by molar-refractivity contribution is 0.0390. The highest BCUT2D eigenvalue weighted by Crippen LogP contribution is 2.28. The van der Waals surface area contributed by atoms with Crippen LogP contribution in [0.4, 0.5) is 0 Å². The van der Waals surface area contributed by atoms with Gasteiger partial charge < -0.3 is 4.74 Å². The summed E-state index contributed by atoms with van der Waals surface area (Å²) < 4.78 is 5.54. The Morgan fingerprint density at radius 2 is 2.18 bits per heavy atom. The summed E-state index contributed by atoms with van der Waals surface area (Å²) in [5.74, 6) is 6.19. The minimum Gasteiger partial charge on any atom is -0.381 e. The van der Waals surface area contributed by atoms with Crippen LogP contribution in [0.1, 0.15) is 36.9 Å². The molecule has 0 spiro atoms. The standard InChI is InChI=1S/C14H22N2O/c1-2-11-5-7-12(8-6-11)14(16-15)13-4-3-9-17-10-13/h5-8,13-14,16H,2-4,9-10,15H2,1H3. The zero-order chi connectivity index (χ0) is 12.1. The van der Waals surface area contributed by atoms with E-state index in [1.807, 2.05) is 0 Å². The zero-order valence-corrected chi connectivity index (χ0v) is 10.5. The molecular weight excluding hydrogens is 212 g/mol. The molecule has 94 valence electrons. The number of benzene rings is 1. The third-order valence-electron chi connectivity index (χ3n) is 3.59. The first-order chi connectivity index (χ1) is 8.35. The molecular formula is C14H22N2O. The minimum atomic E-state index is 0.209. The molecule has 0 radical (unpaired) electrons. The molecule has 2 unspecified atom stereocenters. The maximum atomic E-state index is 5.70. The van der Waals surface area contributed by atoms with Crippen LogP contribution in [0.3, 0.4) is 0 Å². The Labute approximate surface area is 103 Å². The van der Waals surface area contributed by atoms with Gasteiger partial charge in [-0.1, -0.05) is 31.2 Å². The van der Waals surface area contributed by atoms with Crippen molar-refractivity contribution in [3.63, 3.8) is 0 Å². The third kappa shape index (κ3) is 3.06. The van der Waals surface area contributed by atoms with Crippen LogP contribution in [0.25, 0.3) is 0 Å². The van der Waals surface area contributed by atoms with E-state index in [4.69, 9.17) is 10.6 Å². The highest BCUT2D eigenvalue weighted by atomic mass is 16.5. The molecule has 1 aromatic carbocycles. The molecule has 1 aromatic rings. The van der Waals surface area contributed by atoms with E-state index in [-0.39, 0.29) is 6.04 Å². The van der Waals surface area contributed by atoms with Crippen molar-refractivity contribution in [3.05, 3.63) is 35.4 Å². The number of rotatable bonds is 4. The summed E-state index contributed by atoms with van der Waals surface area (Å²) in [6, 6.07) is 8.93. The zero-order valence-electron chi connectivity index (χ0n) is 10.5. The van der Waals surface area contributed by atoms with Crippen LogP contribution in [0.5, 0.6) is 0 Å². The van der Waals surface area contributed by atoms with Gasteiger partial charge in [0.15, 0.2) is 0 Å². The number of aryl methyl sites for hydroxylation is 1. The van der Waals surface area contributed by atoms with Crippen molar-refractivity contribution in [1.29, 1.82) is 0 Å². The van der Waals surface area contributed by atoms with Gasteiger partial charge >= 0.3 is 0 Å². The summed E-state index contributed by atoms with van der Waals surface area (Å²) in [6.07, 6.45) is 3.40. The van der Waals surface area contributed by atoms with Crippen LogP contribution in [0.15, 0.2) is 24.3 Å². The van der Waals surface area contributed by atoms with Gasteiger partial charge in [-0.3, -0.25) is 11.3 Å². The number of nitrogens with two attached hydrogens (primary N) is 1. The van der Waals surface area contributed by atoms with Gasteiger partial charge in [-0.25, -0.2) is 0 Å². The number of hydrogen-bond acceptors (Lipinski definition) is 3. The molecule has 0 saturated carbocycles. The third-order valence-corrected chi connectivity index (χ3v) is 3.59. The summed E-state index contributed by atoms with van der Waals surface area (Å²) in [5.41, 5.74) is 5.57. The van der Waals surface area contributed by atoms with Crippen LogP contribution in [0.2, 0.25) is 0 Å². The van der Waals surface area contributed by atoms with Gasteiger partial charge in [0.2, 0.25) is 0 Å². The molecule has 1 heterocycles. The average Bonchev–Trinajstić information content (AvgIpc) is 2.42. The number of hydrazine groups is 1. The fourth-order valence-corrected chi connectivity index (χ4v) is 2.49. The van der Waals surface area contributed by atoms with Crippen molar-refractivity contribution in [3.8, 4) is 0 Å². The highest BCUT2D eigenvalue weighted by Gasteiger charge is 2.24. The lowest BCUT2D eigenvalue weighted by Crippen LogP contribution is -2.37. The lowest BCUT2D eigenvalue weighted by atomic mass is 9.89. The smallest absolute Gasteiger partial charge is 0.0513 e. The molecule has 17 heavy (non-hydrogen) atoms. The van der Waals surface area contributed by atoms with Gasteiger partial charge in [0.25, 0.3) is 0 Å². The topological polar surface area (TPSA) is 47.3 Å². The molecule has 0 aliphatic carbocycles. The molecule has 1 aliphatic rings. The molecule has 1 aliphatic heterocycles. The quantitative estimate of drug-likeness (QED) is 0.620. The van der Waals surface area contributed by atoms with Crippen molar-refractivity contribution < 1.29 is 4.74 Å². The Bertz CT molecular complexity index is 331. The molecule has 0 aromatic heterocycles. The van der Waals surface area contributed by atoms with E-state index < -0.39 is 0 Å². The van der Waals surface area contributed by atoms with Crippen LogP contribution >= 0.6 is 0 Å². The van der Waals surface area contributed by atoms with Crippen molar-refractivity contribution in [2.75, 3.05) is 13.2 Å². The molecule has 3 N–H and O–H groups in total. The van der Waals surface area contributed by atoms with Crippen LogP contribution in [0, 0.1) is 5.92 Å². The molecule has 3 heteroatoms. The van der Waals surface area contributed by atoms with Crippen LogP contribution in [-0.4, -0.2) is 13.2 Å². The Morgan fingerprint density at radius 3 is 2.71 bits per heavy atom. The number of ether oxygens (including phenoxy) is 1. The Morgan fingerprint density at radius 1 is 1.41 bits per heavy atom. The van der Waals surface area contributed by atoms with Crippen LogP contribution < -0.4 is 11.3 Å². The molecule has 0 bridgehead atoms. The minimum absolute atomic E-state index is 0.209. The summed E-state index contributed by atoms with van der Waals surface area (Å²) in [7, 11) is 0. The van der Waals surface area contributed by atoms with Gasteiger partial charge in [-0.05, 0) is 30.4 Å². The second-order valence-electron chi connectivity index (χ2n) is 4.72. The average molecular weight is 234 g/mol. The Balaban J connectivity index is 2.10. The molecule has 1 fully saturated rings. The molecule has 3 nitrogen and oxygen atoms in total. The molecule has 1 saturated heterocycles. The number of hydrogen-bond donors (Lipinski definition) is 2. The number of nitrogens with one attached hydrogen (secondary N) is 1. The maximum Gasteiger partial charge on any atom is 0.0513 e. The lowest BCUT2D eigenvalue weighted by Gasteiger charge is -2.30. The molecule has 2 rings (SSSR count).